The molecule has 0 aliphatic carbocycles. The van der Waals surface area contributed by atoms with Crippen LogP contribution in [0.2, 0.25) is 0 Å². The van der Waals surface area contributed by atoms with Gasteiger partial charge in [0.25, 0.3) is 0 Å². The highest BCUT2D eigenvalue weighted by molar-refractivity contribution is 7.86. The molecule has 170 valence electrons. The van der Waals surface area contributed by atoms with E-state index in [-0.39, 0.29) is 18.2 Å². The van der Waals surface area contributed by atoms with E-state index in [0.717, 1.165) is 5.56 Å². The highest BCUT2D eigenvalue weighted by Crippen LogP contribution is 2.29. The van der Waals surface area contributed by atoms with E-state index in [1.54, 1.807) is 19.1 Å². The Morgan fingerprint density at radius 2 is 2.03 bits per heavy atom. The molecule has 0 radical (unpaired) electrons. The van der Waals surface area contributed by atoms with Gasteiger partial charge in [-0.1, -0.05) is 12.1 Å². The Labute approximate surface area is 182 Å². The third-order valence-corrected chi connectivity index (χ3v) is 7.38. The fraction of sp³-hybridized carbons (Fsp3) is 0.571. The number of carbonyl (C=O) groups is 3. The minimum absolute atomic E-state index is 0.0790. The van der Waals surface area contributed by atoms with Crippen LogP contribution in [0.4, 0.5) is 4.39 Å². The molecule has 1 aromatic carbocycles. The monoisotopic (exact) mass is 454 g/mol. The van der Waals surface area contributed by atoms with Crippen LogP contribution in [0, 0.1) is 5.82 Å². The molecule has 31 heavy (non-hydrogen) atoms. The summed E-state index contributed by atoms with van der Waals surface area (Å²) in [6.45, 7) is 1.87. The number of carboxylic acids is 1. The van der Waals surface area contributed by atoms with Gasteiger partial charge < -0.3 is 14.7 Å². The first kappa shape index (κ1) is 23.3. The lowest BCUT2D eigenvalue weighted by molar-refractivity contribution is -0.151. The van der Waals surface area contributed by atoms with Crippen LogP contribution in [0.5, 0.6) is 0 Å². The summed E-state index contributed by atoms with van der Waals surface area (Å²) in [5.74, 6) is -2.55. The zero-order valence-electron chi connectivity index (χ0n) is 17.3. The smallest absolute Gasteiger partial charge is 0.327 e. The van der Waals surface area contributed by atoms with Crippen LogP contribution >= 0.6 is 0 Å². The Hall–Kier alpha value is -2.33. The minimum atomic E-state index is -1.42. The van der Waals surface area contributed by atoms with Crippen molar-refractivity contribution in [3.63, 3.8) is 0 Å². The van der Waals surface area contributed by atoms with Crippen LogP contribution in [0.1, 0.15) is 38.2 Å². The largest absolute Gasteiger partial charge is 0.480 e. The summed E-state index contributed by atoms with van der Waals surface area (Å²) in [4.78, 5) is 38.6. The molecule has 2 fully saturated rings. The summed E-state index contributed by atoms with van der Waals surface area (Å²) < 4.78 is 30.6. The summed E-state index contributed by atoms with van der Waals surface area (Å²) in [5, 5.41) is 11.9. The molecular formula is C21H27FN2O6S. The van der Waals surface area contributed by atoms with Crippen LogP contribution in [0.3, 0.4) is 0 Å². The average Bonchev–Trinajstić information content (AvgIpc) is 2.98. The standard InChI is InChI=1S/C21H27FN2O6S/c1-2-30-21(28)16(11-8-13-6-9-14(22)10-7-13)23-15-4-3-5-18-24(19(15)25)17(20(26)27)12-31(18)29/h6-7,9-10,15-18,23H,2-5,8,11-12H2,1H3,(H,26,27)/t15-,16?,17-,18+,31+/m1/s1. The number of rotatable bonds is 8. The van der Waals surface area contributed by atoms with Crippen LogP contribution in [-0.2, 0) is 36.3 Å². The normalized spacial score (nSPS) is 26.8. The van der Waals surface area contributed by atoms with E-state index < -0.39 is 52.1 Å². The molecule has 0 saturated carbocycles. The highest BCUT2D eigenvalue weighted by Gasteiger charge is 2.49. The highest BCUT2D eigenvalue weighted by atomic mass is 32.2. The lowest BCUT2D eigenvalue weighted by Gasteiger charge is -2.29. The predicted molar refractivity (Wildman–Crippen MR) is 111 cm³/mol. The zero-order valence-corrected chi connectivity index (χ0v) is 18.1. The number of nitrogens with one attached hydrogen (secondary N) is 1. The maximum Gasteiger partial charge on any atom is 0.327 e. The molecule has 2 saturated heterocycles. The summed E-state index contributed by atoms with van der Waals surface area (Å²) in [7, 11) is -1.42. The maximum atomic E-state index is 13.2. The molecule has 2 N–H and O–H groups in total. The number of carbonyl (C=O) groups excluding carboxylic acids is 2. The first-order valence-corrected chi connectivity index (χ1v) is 11.8. The maximum absolute atomic E-state index is 13.2. The average molecular weight is 455 g/mol. The van der Waals surface area contributed by atoms with Crippen molar-refractivity contribution in [3.05, 3.63) is 35.6 Å². The summed E-state index contributed by atoms with van der Waals surface area (Å²) in [5.41, 5.74) is 0.839. The summed E-state index contributed by atoms with van der Waals surface area (Å²) in [6.07, 6.45) is 2.23. The molecule has 1 amide bonds. The summed E-state index contributed by atoms with van der Waals surface area (Å²) >= 11 is 0. The van der Waals surface area contributed by atoms with Gasteiger partial charge in [0, 0.05) is 10.8 Å². The number of benzene rings is 1. The van der Waals surface area contributed by atoms with E-state index in [4.69, 9.17) is 4.74 Å². The second-order valence-electron chi connectivity index (χ2n) is 7.72. The van der Waals surface area contributed by atoms with Crippen LogP contribution in [0.25, 0.3) is 0 Å². The molecule has 0 spiro atoms. The topological polar surface area (TPSA) is 113 Å². The number of amides is 1. The molecule has 5 atom stereocenters. The molecule has 8 nitrogen and oxygen atoms in total. The van der Waals surface area contributed by atoms with Crippen LogP contribution in [-0.4, -0.2) is 67.9 Å². The number of esters is 1. The van der Waals surface area contributed by atoms with Gasteiger partial charge in [0.2, 0.25) is 5.91 Å². The molecule has 3 rings (SSSR count). The van der Waals surface area contributed by atoms with Crippen molar-refractivity contribution in [3.8, 4) is 0 Å². The Kier molecular flexibility index (Phi) is 7.77. The Bertz CT molecular complexity index is 849. The lowest BCUT2D eigenvalue weighted by atomic mass is 10.0. The third kappa shape index (κ3) is 5.48. The fourth-order valence-electron chi connectivity index (χ4n) is 4.10. The van der Waals surface area contributed by atoms with Crippen LogP contribution < -0.4 is 5.32 Å². The fourth-order valence-corrected chi connectivity index (χ4v) is 5.87. The lowest BCUT2D eigenvalue weighted by Crippen LogP contribution is -2.55. The van der Waals surface area contributed by atoms with E-state index in [1.807, 2.05) is 0 Å². The molecule has 0 bridgehead atoms. The SMILES string of the molecule is CCOC(=O)C(CCc1ccc(F)cc1)N[C@@H]1CCC[C@H]2N(C1=O)[C@@H](C(=O)O)C[S@@]2=O. The number of halogens is 1. The van der Waals surface area contributed by atoms with E-state index in [9.17, 15) is 28.1 Å². The number of nitrogens with zero attached hydrogens (tertiary/aromatic N) is 1. The summed E-state index contributed by atoms with van der Waals surface area (Å²) in [6, 6.07) is 3.27. The van der Waals surface area contributed by atoms with E-state index in [0.29, 0.717) is 32.1 Å². The number of hydrogen-bond donors (Lipinski definition) is 2. The number of aliphatic carboxylic acids is 1. The van der Waals surface area contributed by atoms with Gasteiger partial charge in [0.15, 0.2) is 0 Å². The zero-order chi connectivity index (χ0) is 22.5. The first-order chi connectivity index (χ1) is 14.8. The molecule has 2 aliphatic rings. The van der Waals surface area contributed by atoms with Crippen molar-refractivity contribution >= 4 is 28.6 Å². The van der Waals surface area contributed by atoms with Gasteiger partial charge in [-0.2, -0.15) is 0 Å². The second-order valence-corrected chi connectivity index (χ2v) is 9.36. The van der Waals surface area contributed by atoms with Crippen LogP contribution in [0.15, 0.2) is 24.3 Å². The third-order valence-electron chi connectivity index (χ3n) is 5.66. The van der Waals surface area contributed by atoms with Gasteiger partial charge in [-0.05, 0) is 56.7 Å². The van der Waals surface area contributed by atoms with E-state index >= 15 is 0 Å². The number of ether oxygens (including phenoxy) is 1. The van der Waals surface area contributed by atoms with Crippen molar-refractivity contribution in [1.29, 1.82) is 0 Å². The van der Waals surface area contributed by atoms with Crippen molar-refractivity contribution in [2.75, 3.05) is 12.4 Å². The van der Waals surface area contributed by atoms with E-state index in [2.05, 4.69) is 5.32 Å². The molecule has 1 unspecified atom stereocenters. The number of carboxylic acid groups (broad SMARTS) is 1. The molecule has 1 aromatic rings. The van der Waals surface area contributed by atoms with E-state index in [1.165, 1.54) is 17.0 Å². The predicted octanol–water partition coefficient (Wildman–Crippen LogP) is 1.20. The molecular weight excluding hydrogens is 427 g/mol. The van der Waals surface area contributed by atoms with Crippen molar-refractivity contribution in [2.24, 2.45) is 0 Å². The second kappa shape index (κ2) is 10.3. The number of fused-ring (bicyclic) bond motifs is 1. The number of hydrogen-bond acceptors (Lipinski definition) is 6. The van der Waals surface area contributed by atoms with Gasteiger partial charge >= 0.3 is 11.9 Å². The van der Waals surface area contributed by atoms with Crippen molar-refractivity contribution in [1.82, 2.24) is 10.2 Å². The van der Waals surface area contributed by atoms with Gasteiger partial charge in [0.1, 0.15) is 23.3 Å². The Balaban J connectivity index is 1.75. The van der Waals surface area contributed by atoms with Gasteiger partial charge in [-0.15, -0.1) is 0 Å². The minimum Gasteiger partial charge on any atom is -0.480 e. The Morgan fingerprint density at radius 3 is 2.68 bits per heavy atom. The molecule has 10 heteroatoms. The van der Waals surface area contributed by atoms with Gasteiger partial charge in [0.05, 0.1) is 18.4 Å². The number of aryl methyl sites for hydroxylation is 1. The molecule has 0 aromatic heterocycles. The molecule has 2 heterocycles. The van der Waals surface area contributed by atoms with Gasteiger partial charge in [-0.3, -0.25) is 19.1 Å². The van der Waals surface area contributed by atoms with Gasteiger partial charge in [-0.25, -0.2) is 9.18 Å². The quantitative estimate of drug-likeness (QED) is 0.568. The molecule has 2 aliphatic heterocycles. The first-order valence-electron chi connectivity index (χ1n) is 10.4. The van der Waals surface area contributed by atoms with Crippen molar-refractivity contribution < 1.29 is 32.8 Å². The van der Waals surface area contributed by atoms with Crippen molar-refractivity contribution in [2.45, 2.75) is 62.5 Å². The Morgan fingerprint density at radius 1 is 1.32 bits per heavy atom.